The number of hydrogen-bond acceptors (Lipinski definition) is 3. The quantitative estimate of drug-likeness (QED) is 0.864. The van der Waals surface area contributed by atoms with Gasteiger partial charge in [-0.3, -0.25) is 0 Å². The fourth-order valence-corrected chi connectivity index (χ4v) is 3.55. The van der Waals surface area contributed by atoms with Crippen molar-refractivity contribution in [3.63, 3.8) is 0 Å². The van der Waals surface area contributed by atoms with E-state index in [9.17, 15) is 0 Å². The monoisotopic (exact) mass is 271 g/mol. The molecule has 3 nitrogen and oxygen atoms in total. The number of nitrogens with zero attached hydrogens (tertiary/aromatic N) is 1. The SMILES string of the molecule is c1cc2c(nc1CCC1CC(NC3CC3)C1)NCCC2. The second-order valence-electron chi connectivity index (χ2n) is 6.85. The number of aryl methyl sites for hydroxylation is 2. The van der Waals surface area contributed by atoms with Crippen LogP contribution in [0.15, 0.2) is 12.1 Å². The smallest absolute Gasteiger partial charge is 0.129 e. The van der Waals surface area contributed by atoms with E-state index in [1.54, 1.807) is 0 Å². The van der Waals surface area contributed by atoms with Gasteiger partial charge in [-0.2, -0.15) is 0 Å². The zero-order valence-electron chi connectivity index (χ0n) is 12.2. The van der Waals surface area contributed by atoms with Crippen molar-refractivity contribution < 1.29 is 0 Å². The highest BCUT2D eigenvalue weighted by molar-refractivity contribution is 5.46. The molecular weight excluding hydrogens is 246 g/mol. The first-order chi connectivity index (χ1) is 9.87. The first-order valence-electron chi connectivity index (χ1n) is 8.35. The molecule has 0 radical (unpaired) electrons. The summed E-state index contributed by atoms with van der Waals surface area (Å²) in [6, 6.07) is 6.21. The highest BCUT2D eigenvalue weighted by Crippen LogP contribution is 2.34. The molecule has 3 aliphatic rings. The van der Waals surface area contributed by atoms with Crippen molar-refractivity contribution in [2.45, 2.75) is 63.5 Å². The van der Waals surface area contributed by atoms with Crippen LogP contribution in [0.2, 0.25) is 0 Å². The molecule has 108 valence electrons. The number of aromatic nitrogens is 1. The van der Waals surface area contributed by atoms with Gasteiger partial charge in [0.15, 0.2) is 0 Å². The lowest BCUT2D eigenvalue weighted by atomic mass is 9.77. The number of fused-ring (bicyclic) bond motifs is 1. The van der Waals surface area contributed by atoms with Gasteiger partial charge in [0, 0.05) is 24.3 Å². The Morgan fingerprint density at radius 2 is 2.10 bits per heavy atom. The molecule has 20 heavy (non-hydrogen) atoms. The number of pyridine rings is 1. The summed E-state index contributed by atoms with van der Waals surface area (Å²) in [4.78, 5) is 4.79. The normalized spacial score (nSPS) is 28.4. The van der Waals surface area contributed by atoms with Crippen LogP contribution < -0.4 is 10.6 Å². The van der Waals surface area contributed by atoms with Crippen LogP contribution in [0.25, 0.3) is 0 Å². The Kier molecular flexibility index (Phi) is 3.39. The van der Waals surface area contributed by atoms with E-state index in [1.165, 1.54) is 56.2 Å². The zero-order chi connectivity index (χ0) is 13.4. The maximum absolute atomic E-state index is 4.79. The predicted molar refractivity (Wildman–Crippen MR) is 82.0 cm³/mol. The fraction of sp³-hybridized carbons (Fsp3) is 0.706. The largest absolute Gasteiger partial charge is 0.370 e. The molecule has 0 bridgehead atoms. The molecule has 0 spiro atoms. The summed E-state index contributed by atoms with van der Waals surface area (Å²) < 4.78 is 0. The van der Waals surface area contributed by atoms with Crippen LogP contribution in [0.4, 0.5) is 5.82 Å². The zero-order valence-corrected chi connectivity index (χ0v) is 12.2. The Labute approximate surface area is 121 Å². The molecule has 3 heteroatoms. The summed E-state index contributed by atoms with van der Waals surface area (Å²) in [6.07, 6.45) is 10.5. The number of nitrogens with one attached hydrogen (secondary N) is 2. The molecule has 1 aliphatic heterocycles. The molecule has 1 aromatic heterocycles. The highest BCUT2D eigenvalue weighted by atomic mass is 15.0. The van der Waals surface area contributed by atoms with Gasteiger partial charge in [-0.05, 0) is 68.9 Å². The molecule has 1 aromatic rings. The summed E-state index contributed by atoms with van der Waals surface area (Å²) >= 11 is 0. The molecule has 0 atom stereocenters. The van der Waals surface area contributed by atoms with Crippen molar-refractivity contribution in [2.75, 3.05) is 11.9 Å². The Balaban J connectivity index is 1.25. The molecule has 2 heterocycles. The molecule has 0 aromatic carbocycles. The highest BCUT2D eigenvalue weighted by Gasteiger charge is 2.33. The molecule has 0 unspecified atom stereocenters. The maximum atomic E-state index is 4.79. The number of hydrogen-bond donors (Lipinski definition) is 2. The van der Waals surface area contributed by atoms with Crippen LogP contribution in [-0.4, -0.2) is 23.6 Å². The Morgan fingerprint density at radius 1 is 1.20 bits per heavy atom. The van der Waals surface area contributed by atoms with Crippen molar-refractivity contribution in [2.24, 2.45) is 5.92 Å². The van der Waals surface area contributed by atoms with Crippen LogP contribution in [0.3, 0.4) is 0 Å². The third-order valence-electron chi connectivity index (χ3n) is 5.04. The lowest BCUT2D eigenvalue weighted by molar-refractivity contribution is 0.209. The molecule has 2 N–H and O–H groups in total. The molecule has 2 aliphatic carbocycles. The average molecular weight is 271 g/mol. The molecule has 2 fully saturated rings. The van der Waals surface area contributed by atoms with E-state index >= 15 is 0 Å². The van der Waals surface area contributed by atoms with E-state index in [-0.39, 0.29) is 0 Å². The van der Waals surface area contributed by atoms with Crippen LogP contribution >= 0.6 is 0 Å². The number of anilines is 1. The Morgan fingerprint density at radius 3 is 2.95 bits per heavy atom. The van der Waals surface area contributed by atoms with Gasteiger partial charge in [-0.1, -0.05) is 6.07 Å². The molecular formula is C17H25N3. The second kappa shape index (κ2) is 5.36. The average Bonchev–Trinajstić information content (AvgIpc) is 3.25. The summed E-state index contributed by atoms with van der Waals surface area (Å²) in [6.45, 7) is 1.08. The van der Waals surface area contributed by atoms with Gasteiger partial charge in [0.25, 0.3) is 0 Å². The van der Waals surface area contributed by atoms with Crippen molar-refractivity contribution in [1.82, 2.24) is 10.3 Å². The van der Waals surface area contributed by atoms with Gasteiger partial charge in [-0.15, -0.1) is 0 Å². The van der Waals surface area contributed by atoms with Gasteiger partial charge < -0.3 is 10.6 Å². The molecule has 2 saturated carbocycles. The minimum absolute atomic E-state index is 0.825. The third kappa shape index (κ3) is 2.83. The minimum atomic E-state index is 0.825. The van der Waals surface area contributed by atoms with Crippen molar-refractivity contribution in [3.8, 4) is 0 Å². The summed E-state index contributed by atoms with van der Waals surface area (Å²) in [5.41, 5.74) is 2.68. The van der Waals surface area contributed by atoms with Gasteiger partial charge in [0.05, 0.1) is 0 Å². The molecule has 0 amide bonds. The van der Waals surface area contributed by atoms with Gasteiger partial charge in [-0.25, -0.2) is 4.98 Å². The lowest BCUT2D eigenvalue weighted by Gasteiger charge is -2.36. The lowest BCUT2D eigenvalue weighted by Crippen LogP contribution is -2.42. The maximum Gasteiger partial charge on any atom is 0.129 e. The van der Waals surface area contributed by atoms with Gasteiger partial charge in [0.1, 0.15) is 5.82 Å². The summed E-state index contributed by atoms with van der Waals surface area (Å²) in [5, 5.41) is 7.17. The summed E-state index contributed by atoms with van der Waals surface area (Å²) in [7, 11) is 0. The van der Waals surface area contributed by atoms with E-state index in [2.05, 4.69) is 22.8 Å². The van der Waals surface area contributed by atoms with E-state index in [0.717, 1.165) is 36.8 Å². The van der Waals surface area contributed by atoms with E-state index in [0.29, 0.717) is 0 Å². The number of rotatable bonds is 5. The van der Waals surface area contributed by atoms with Gasteiger partial charge in [0.2, 0.25) is 0 Å². The standard InChI is InChI=1S/C17H25N3/c1-2-13-4-6-15(20-17(13)18-9-1)5-3-12-10-16(11-12)19-14-7-8-14/h4,6,12,14,16,19H,1-3,5,7-11H2,(H,18,20). The minimum Gasteiger partial charge on any atom is -0.370 e. The molecule has 0 saturated heterocycles. The molecule has 4 rings (SSSR count). The summed E-state index contributed by atoms with van der Waals surface area (Å²) in [5.74, 6) is 2.08. The Bertz CT molecular complexity index is 475. The van der Waals surface area contributed by atoms with E-state index in [4.69, 9.17) is 4.98 Å². The Hall–Kier alpha value is -1.09. The van der Waals surface area contributed by atoms with Crippen LogP contribution in [0.1, 0.15) is 49.8 Å². The first kappa shape index (κ1) is 12.6. The van der Waals surface area contributed by atoms with Gasteiger partial charge >= 0.3 is 0 Å². The van der Waals surface area contributed by atoms with Crippen molar-refractivity contribution in [1.29, 1.82) is 0 Å². The third-order valence-corrected chi connectivity index (χ3v) is 5.04. The first-order valence-corrected chi connectivity index (χ1v) is 8.35. The van der Waals surface area contributed by atoms with Crippen LogP contribution in [0.5, 0.6) is 0 Å². The van der Waals surface area contributed by atoms with Crippen molar-refractivity contribution >= 4 is 5.82 Å². The second-order valence-corrected chi connectivity index (χ2v) is 6.85. The van der Waals surface area contributed by atoms with Crippen molar-refractivity contribution in [3.05, 3.63) is 23.4 Å². The van der Waals surface area contributed by atoms with E-state index in [1.807, 2.05) is 0 Å². The predicted octanol–water partition coefficient (Wildman–Crippen LogP) is 2.90. The van der Waals surface area contributed by atoms with Crippen LogP contribution in [-0.2, 0) is 12.8 Å². The van der Waals surface area contributed by atoms with E-state index < -0.39 is 0 Å². The fourth-order valence-electron chi connectivity index (χ4n) is 3.55. The topological polar surface area (TPSA) is 37.0 Å². The van der Waals surface area contributed by atoms with Crippen LogP contribution in [0, 0.1) is 5.92 Å².